The van der Waals surface area contributed by atoms with Gasteiger partial charge in [0.1, 0.15) is 5.69 Å². The molecule has 2 atom stereocenters. The van der Waals surface area contributed by atoms with E-state index in [4.69, 9.17) is 5.73 Å². The van der Waals surface area contributed by atoms with Crippen molar-refractivity contribution in [3.63, 3.8) is 0 Å². The summed E-state index contributed by atoms with van der Waals surface area (Å²) >= 11 is 0. The number of nitro benzene ring substituents is 1. The topological polar surface area (TPSA) is 98.3 Å². The molecule has 0 heterocycles. The SMILES string of the molecule is CC1CCCCC1NC(=O)c1ccc(N)c([N+](=O)[O-])c1. The number of nitrogen functional groups attached to an aromatic ring is 1. The highest BCUT2D eigenvalue weighted by Crippen LogP contribution is 2.25. The molecule has 2 rings (SSSR count). The summed E-state index contributed by atoms with van der Waals surface area (Å²) < 4.78 is 0. The van der Waals surface area contributed by atoms with Crippen molar-refractivity contribution in [2.75, 3.05) is 5.73 Å². The van der Waals surface area contributed by atoms with Gasteiger partial charge in [0, 0.05) is 17.7 Å². The first-order valence-electron chi connectivity index (χ1n) is 6.84. The molecule has 3 N–H and O–H groups in total. The number of rotatable bonds is 3. The largest absolute Gasteiger partial charge is 0.393 e. The van der Waals surface area contributed by atoms with E-state index in [0.717, 1.165) is 19.3 Å². The summed E-state index contributed by atoms with van der Waals surface area (Å²) in [4.78, 5) is 22.4. The molecular formula is C14H19N3O3. The fraction of sp³-hybridized carbons (Fsp3) is 0.500. The number of anilines is 1. The molecule has 6 nitrogen and oxygen atoms in total. The lowest BCUT2D eigenvalue weighted by Gasteiger charge is -2.29. The summed E-state index contributed by atoms with van der Waals surface area (Å²) in [5.41, 5.74) is 5.64. The third-order valence-corrected chi connectivity index (χ3v) is 3.92. The molecule has 1 saturated carbocycles. The van der Waals surface area contributed by atoms with Crippen LogP contribution in [0.15, 0.2) is 18.2 Å². The summed E-state index contributed by atoms with van der Waals surface area (Å²) in [6, 6.07) is 4.30. The fourth-order valence-corrected chi connectivity index (χ4v) is 2.63. The van der Waals surface area contributed by atoms with Crippen LogP contribution in [0.4, 0.5) is 11.4 Å². The molecular weight excluding hydrogens is 258 g/mol. The second-order valence-electron chi connectivity index (χ2n) is 5.37. The minimum absolute atomic E-state index is 0.0672. The highest BCUT2D eigenvalue weighted by atomic mass is 16.6. The van der Waals surface area contributed by atoms with Crippen LogP contribution in [0.2, 0.25) is 0 Å². The van der Waals surface area contributed by atoms with Crippen molar-refractivity contribution < 1.29 is 9.72 Å². The first kappa shape index (κ1) is 14.3. The first-order valence-corrected chi connectivity index (χ1v) is 6.84. The highest BCUT2D eigenvalue weighted by Gasteiger charge is 2.24. The van der Waals surface area contributed by atoms with Crippen LogP contribution in [0.25, 0.3) is 0 Å². The van der Waals surface area contributed by atoms with Crippen LogP contribution in [-0.4, -0.2) is 16.9 Å². The molecule has 1 aromatic rings. The molecule has 1 fully saturated rings. The van der Waals surface area contributed by atoms with E-state index in [0.29, 0.717) is 5.92 Å². The maximum absolute atomic E-state index is 12.2. The van der Waals surface area contributed by atoms with Gasteiger partial charge in [0.15, 0.2) is 0 Å². The smallest absolute Gasteiger partial charge is 0.292 e. The third-order valence-electron chi connectivity index (χ3n) is 3.92. The zero-order chi connectivity index (χ0) is 14.7. The lowest BCUT2D eigenvalue weighted by Crippen LogP contribution is -2.41. The zero-order valence-electron chi connectivity index (χ0n) is 11.5. The minimum Gasteiger partial charge on any atom is -0.393 e. The summed E-state index contributed by atoms with van der Waals surface area (Å²) in [5.74, 6) is 0.170. The number of hydrogen-bond acceptors (Lipinski definition) is 4. The van der Waals surface area contributed by atoms with Crippen LogP contribution in [0.1, 0.15) is 43.0 Å². The van der Waals surface area contributed by atoms with Crippen LogP contribution in [0.5, 0.6) is 0 Å². The number of carbonyl (C=O) groups excluding carboxylic acids is 1. The molecule has 0 aromatic heterocycles. The number of nitrogens with one attached hydrogen (secondary N) is 1. The Bertz CT molecular complexity index is 530. The van der Waals surface area contributed by atoms with Gasteiger partial charge in [-0.2, -0.15) is 0 Å². The van der Waals surface area contributed by atoms with Crippen LogP contribution >= 0.6 is 0 Å². The average molecular weight is 277 g/mol. The predicted molar refractivity (Wildman–Crippen MR) is 76.4 cm³/mol. The van der Waals surface area contributed by atoms with Gasteiger partial charge < -0.3 is 11.1 Å². The van der Waals surface area contributed by atoms with Crippen molar-refractivity contribution in [3.8, 4) is 0 Å². The molecule has 2 unspecified atom stereocenters. The Morgan fingerprint density at radius 1 is 1.40 bits per heavy atom. The summed E-state index contributed by atoms with van der Waals surface area (Å²) in [6.45, 7) is 2.12. The number of nitrogens with zero attached hydrogens (tertiary/aromatic N) is 1. The molecule has 0 spiro atoms. The molecule has 0 bridgehead atoms. The summed E-state index contributed by atoms with van der Waals surface area (Å²) in [5, 5.41) is 13.8. The fourth-order valence-electron chi connectivity index (χ4n) is 2.63. The van der Waals surface area contributed by atoms with E-state index in [-0.39, 0.29) is 28.9 Å². The Morgan fingerprint density at radius 3 is 2.75 bits per heavy atom. The van der Waals surface area contributed by atoms with Crippen molar-refractivity contribution >= 4 is 17.3 Å². The van der Waals surface area contributed by atoms with Crippen LogP contribution < -0.4 is 11.1 Å². The Labute approximate surface area is 117 Å². The monoisotopic (exact) mass is 277 g/mol. The van der Waals surface area contributed by atoms with E-state index in [1.165, 1.54) is 24.6 Å². The Balaban J connectivity index is 2.13. The van der Waals surface area contributed by atoms with Crippen molar-refractivity contribution in [2.24, 2.45) is 5.92 Å². The van der Waals surface area contributed by atoms with Crippen molar-refractivity contribution in [3.05, 3.63) is 33.9 Å². The quantitative estimate of drug-likeness (QED) is 0.503. The predicted octanol–water partition coefficient (Wildman–Crippen LogP) is 2.49. The van der Waals surface area contributed by atoms with E-state index >= 15 is 0 Å². The van der Waals surface area contributed by atoms with E-state index in [9.17, 15) is 14.9 Å². The van der Waals surface area contributed by atoms with Gasteiger partial charge in [0.25, 0.3) is 11.6 Å². The molecule has 1 aliphatic carbocycles. The second kappa shape index (κ2) is 5.90. The number of carbonyl (C=O) groups is 1. The lowest BCUT2D eigenvalue weighted by molar-refractivity contribution is -0.383. The second-order valence-corrected chi connectivity index (χ2v) is 5.37. The van der Waals surface area contributed by atoms with E-state index < -0.39 is 4.92 Å². The van der Waals surface area contributed by atoms with Gasteiger partial charge in [0.2, 0.25) is 0 Å². The lowest BCUT2D eigenvalue weighted by atomic mass is 9.86. The molecule has 1 aliphatic rings. The van der Waals surface area contributed by atoms with Gasteiger partial charge in [-0.1, -0.05) is 19.8 Å². The van der Waals surface area contributed by atoms with Crippen molar-refractivity contribution in [1.82, 2.24) is 5.32 Å². The molecule has 108 valence electrons. The third kappa shape index (κ3) is 3.07. The number of nitrogens with two attached hydrogens (primary N) is 1. The number of amides is 1. The van der Waals surface area contributed by atoms with Gasteiger partial charge in [-0.05, 0) is 30.9 Å². The van der Waals surface area contributed by atoms with Gasteiger partial charge >= 0.3 is 0 Å². The summed E-state index contributed by atoms with van der Waals surface area (Å²) in [7, 11) is 0. The maximum Gasteiger partial charge on any atom is 0.292 e. The minimum atomic E-state index is -0.574. The first-order chi connectivity index (χ1) is 9.49. The summed E-state index contributed by atoms with van der Waals surface area (Å²) in [6.07, 6.45) is 4.37. The molecule has 1 aromatic carbocycles. The van der Waals surface area contributed by atoms with Crippen LogP contribution in [-0.2, 0) is 0 Å². The highest BCUT2D eigenvalue weighted by molar-refractivity contribution is 5.95. The number of benzene rings is 1. The van der Waals surface area contributed by atoms with Gasteiger partial charge in [-0.25, -0.2) is 0 Å². The van der Waals surface area contributed by atoms with Crippen LogP contribution in [0, 0.1) is 16.0 Å². The van der Waals surface area contributed by atoms with Crippen LogP contribution in [0.3, 0.4) is 0 Å². The van der Waals surface area contributed by atoms with Gasteiger partial charge in [-0.15, -0.1) is 0 Å². The zero-order valence-corrected chi connectivity index (χ0v) is 11.5. The molecule has 0 radical (unpaired) electrons. The molecule has 20 heavy (non-hydrogen) atoms. The molecule has 1 amide bonds. The van der Waals surface area contributed by atoms with Crippen molar-refractivity contribution in [1.29, 1.82) is 0 Å². The van der Waals surface area contributed by atoms with Crippen molar-refractivity contribution in [2.45, 2.75) is 38.6 Å². The Kier molecular flexibility index (Phi) is 4.22. The van der Waals surface area contributed by atoms with E-state index in [1.807, 2.05) is 0 Å². The average Bonchev–Trinajstić information content (AvgIpc) is 2.41. The standard InChI is InChI=1S/C14H19N3O3/c1-9-4-2-3-5-12(9)16-14(18)10-6-7-11(15)13(8-10)17(19)20/h6-9,12H,2-5,15H2,1H3,(H,16,18). The molecule has 6 heteroatoms. The normalized spacial score (nSPS) is 22.2. The van der Waals surface area contributed by atoms with E-state index in [2.05, 4.69) is 12.2 Å². The molecule has 0 saturated heterocycles. The number of nitro groups is 1. The molecule has 0 aliphatic heterocycles. The Morgan fingerprint density at radius 2 is 2.10 bits per heavy atom. The maximum atomic E-state index is 12.2. The van der Waals surface area contributed by atoms with Gasteiger partial charge in [-0.3, -0.25) is 14.9 Å². The Hall–Kier alpha value is -2.11. The van der Waals surface area contributed by atoms with E-state index in [1.54, 1.807) is 0 Å². The number of hydrogen-bond donors (Lipinski definition) is 2. The van der Waals surface area contributed by atoms with Gasteiger partial charge in [0.05, 0.1) is 4.92 Å².